The van der Waals surface area contributed by atoms with Crippen molar-refractivity contribution < 1.29 is 9.15 Å². The first-order chi connectivity index (χ1) is 10.3. The molecule has 0 atom stereocenters. The third-order valence-electron chi connectivity index (χ3n) is 2.72. The summed E-state index contributed by atoms with van der Waals surface area (Å²) in [6.07, 6.45) is 1.49. The minimum atomic E-state index is 0.00586. The maximum atomic E-state index is 9.37. The molecular weight excluding hydrogens is 268 g/mol. The van der Waals surface area contributed by atoms with E-state index in [1.54, 1.807) is 24.3 Å². The standard InChI is InChI=1S/C15H10N4O2/c16-9-11-13(12-7-4-8-20-12)18-15(17)19-14(11)21-10-5-2-1-3-6-10/h1-8H,(H2,17,18,19). The highest BCUT2D eigenvalue weighted by Gasteiger charge is 2.18. The SMILES string of the molecule is N#Cc1c(Oc2ccccc2)nc(N)nc1-c1ccco1. The Morgan fingerprint density at radius 3 is 2.57 bits per heavy atom. The van der Waals surface area contributed by atoms with E-state index in [-0.39, 0.29) is 17.4 Å². The van der Waals surface area contributed by atoms with Crippen LogP contribution in [0.4, 0.5) is 5.95 Å². The number of furan rings is 1. The molecule has 102 valence electrons. The lowest BCUT2D eigenvalue weighted by Gasteiger charge is -2.09. The number of rotatable bonds is 3. The maximum Gasteiger partial charge on any atom is 0.242 e. The number of ether oxygens (including phenoxy) is 1. The molecule has 0 aliphatic rings. The zero-order valence-corrected chi connectivity index (χ0v) is 10.9. The Morgan fingerprint density at radius 1 is 1.10 bits per heavy atom. The molecule has 0 bridgehead atoms. The number of anilines is 1. The van der Waals surface area contributed by atoms with E-state index in [4.69, 9.17) is 14.9 Å². The minimum Gasteiger partial charge on any atom is -0.463 e. The highest BCUT2D eigenvalue weighted by molar-refractivity contribution is 5.66. The lowest BCUT2D eigenvalue weighted by molar-refractivity contribution is 0.460. The van der Waals surface area contributed by atoms with Crippen molar-refractivity contribution in [3.05, 3.63) is 54.3 Å². The fraction of sp³-hybridized carbons (Fsp3) is 0. The highest BCUT2D eigenvalue weighted by Crippen LogP contribution is 2.30. The molecule has 0 radical (unpaired) electrons. The molecule has 0 aliphatic carbocycles. The smallest absolute Gasteiger partial charge is 0.242 e. The number of nitrogens with zero attached hydrogens (tertiary/aromatic N) is 3. The zero-order chi connectivity index (χ0) is 14.7. The van der Waals surface area contributed by atoms with Crippen LogP contribution in [0.1, 0.15) is 5.56 Å². The van der Waals surface area contributed by atoms with E-state index in [0.717, 1.165) is 0 Å². The topological polar surface area (TPSA) is 98.0 Å². The average Bonchev–Trinajstić information content (AvgIpc) is 3.02. The quantitative estimate of drug-likeness (QED) is 0.790. The normalized spacial score (nSPS) is 10.0. The molecule has 0 amide bonds. The number of benzene rings is 1. The highest BCUT2D eigenvalue weighted by atomic mass is 16.5. The summed E-state index contributed by atoms with van der Waals surface area (Å²) < 4.78 is 10.9. The lowest BCUT2D eigenvalue weighted by atomic mass is 10.2. The predicted molar refractivity (Wildman–Crippen MR) is 75.4 cm³/mol. The van der Waals surface area contributed by atoms with Gasteiger partial charge in [0.25, 0.3) is 0 Å². The van der Waals surface area contributed by atoms with Crippen molar-refractivity contribution in [1.82, 2.24) is 9.97 Å². The van der Waals surface area contributed by atoms with Gasteiger partial charge in [-0.15, -0.1) is 0 Å². The summed E-state index contributed by atoms with van der Waals surface area (Å²) in [7, 11) is 0. The Hall–Kier alpha value is -3.33. The van der Waals surface area contributed by atoms with Crippen molar-refractivity contribution in [2.75, 3.05) is 5.73 Å². The molecule has 6 heteroatoms. The van der Waals surface area contributed by atoms with Crippen LogP contribution in [-0.4, -0.2) is 9.97 Å². The average molecular weight is 278 g/mol. The fourth-order valence-electron chi connectivity index (χ4n) is 1.82. The number of nitrogen functional groups attached to an aromatic ring is 1. The molecule has 3 rings (SSSR count). The molecule has 0 saturated carbocycles. The number of nitriles is 1. The van der Waals surface area contributed by atoms with E-state index in [0.29, 0.717) is 17.2 Å². The molecule has 0 aliphatic heterocycles. The summed E-state index contributed by atoms with van der Waals surface area (Å²) in [6, 6.07) is 14.4. The molecule has 6 nitrogen and oxygen atoms in total. The summed E-state index contributed by atoms with van der Waals surface area (Å²) in [4.78, 5) is 8.05. The van der Waals surface area contributed by atoms with E-state index in [2.05, 4.69) is 9.97 Å². The van der Waals surface area contributed by atoms with Gasteiger partial charge in [0.15, 0.2) is 5.76 Å². The molecule has 1 aromatic carbocycles. The molecule has 2 heterocycles. The third kappa shape index (κ3) is 2.53. The van der Waals surface area contributed by atoms with Crippen LogP contribution in [0.2, 0.25) is 0 Å². The van der Waals surface area contributed by atoms with Crippen LogP contribution < -0.4 is 10.5 Å². The Morgan fingerprint density at radius 2 is 1.90 bits per heavy atom. The van der Waals surface area contributed by atoms with Crippen LogP contribution in [0.5, 0.6) is 11.6 Å². The number of hydrogen-bond acceptors (Lipinski definition) is 6. The second kappa shape index (κ2) is 5.35. The number of aromatic nitrogens is 2. The van der Waals surface area contributed by atoms with Crippen molar-refractivity contribution in [3.8, 4) is 29.2 Å². The molecule has 0 saturated heterocycles. The first kappa shape index (κ1) is 12.7. The van der Waals surface area contributed by atoms with Crippen molar-refractivity contribution in [1.29, 1.82) is 5.26 Å². The largest absolute Gasteiger partial charge is 0.463 e. The van der Waals surface area contributed by atoms with E-state index >= 15 is 0 Å². The summed E-state index contributed by atoms with van der Waals surface area (Å²) >= 11 is 0. The third-order valence-corrected chi connectivity index (χ3v) is 2.72. The second-order valence-electron chi connectivity index (χ2n) is 4.11. The zero-order valence-electron chi connectivity index (χ0n) is 10.9. The predicted octanol–water partition coefficient (Wildman–Crippen LogP) is 2.98. The number of hydrogen-bond donors (Lipinski definition) is 1. The van der Waals surface area contributed by atoms with Gasteiger partial charge in [-0.25, -0.2) is 4.98 Å². The molecule has 2 N–H and O–H groups in total. The minimum absolute atomic E-state index is 0.00586. The van der Waals surface area contributed by atoms with Gasteiger partial charge in [0.1, 0.15) is 23.1 Å². The molecular formula is C15H10N4O2. The molecule has 0 spiro atoms. The van der Waals surface area contributed by atoms with Crippen molar-refractivity contribution in [2.45, 2.75) is 0 Å². The fourth-order valence-corrected chi connectivity index (χ4v) is 1.82. The molecule has 0 fully saturated rings. The summed E-state index contributed by atoms with van der Waals surface area (Å²) in [5.74, 6) is 1.09. The first-order valence-electron chi connectivity index (χ1n) is 6.12. The second-order valence-corrected chi connectivity index (χ2v) is 4.11. The van der Waals surface area contributed by atoms with Crippen LogP contribution in [-0.2, 0) is 0 Å². The van der Waals surface area contributed by atoms with Crippen LogP contribution in [0.25, 0.3) is 11.5 Å². The Kier molecular flexibility index (Phi) is 3.23. The van der Waals surface area contributed by atoms with E-state index in [9.17, 15) is 5.26 Å². The van der Waals surface area contributed by atoms with Gasteiger partial charge in [-0.3, -0.25) is 0 Å². The monoisotopic (exact) mass is 278 g/mol. The summed E-state index contributed by atoms with van der Waals surface area (Å²) in [5.41, 5.74) is 6.17. The van der Waals surface area contributed by atoms with Gasteiger partial charge in [0, 0.05) is 0 Å². The summed E-state index contributed by atoms with van der Waals surface area (Å²) in [5, 5.41) is 9.37. The van der Waals surface area contributed by atoms with Gasteiger partial charge >= 0.3 is 0 Å². The number of nitrogens with two attached hydrogens (primary N) is 1. The van der Waals surface area contributed by atoms with Crippen molar-refractivity contribution >= 4 is 5.95 Å². The maximum absolute atomic E-state index is 9.37. The van der Waals surface area contributed by atoms with Crippen LogP contribution in [0.3, 0.4) is 0 Å². The van der Waals surface area contributed by atoms with Crippen molar-refractivity contribution in [2.24, 2.45) is 0 Å². The molecule has 3 aromatic rings. The first-order valence-corrected chi connectivity index (χ1v) is 6.12. The molecule has 0 unspecified atom stereocenters. The van der Waals surface area contributed by atoms with Gasteiger partial charge in [-0.2, -0.15) is 10.2 Å². The lowest BCUT2D eigenvalue weighted by Crippen LogP contribution is -2.02. The number of para-hydroxylation sites is 1. The van der Waals surface area contributed by atoms with E-state index < -0.39 is 0 Å². The van der Waals surface area contributed by atoms with Gasteiger partial charge in [0.05, 0.1) is 6.26 Å². The molecule has 2 aromatic heterocycles. The van der Waals surface area contributed by atoms with Gasteiger partial charge < -0.3 is 14.9 Å². The van der Waals surface area contributed by atoms with Crippen molar-refractivity contribution in [3.63, 3.8) is 0 Å². The van der Waals surface area contributed by atoms with E-state index in [1.165, 1.54) is 6.26 Å². The van der Waals surface area contributed by atoms with E-state index in [1.807, 2.05) is 24.3 Å². The van der Waals surface area contributed by atoms with Gasteiger partial charge in [0.2, 0.25) is 11.8 Å². The Balaban J connectivity index is 2.11. The van der Waals surface area contributed by atoms with Crippen LogP contribution in [0, 0.1) is 11.3 Å². The van der Waals surface area contributed by atoms with Gasteiger partial charge in [-0.1, -0.05) is 18.2 Å². The Bertz CT molecular complexity index is 793. The summed E-state index contributed by atoms with van der Waals surface area (Å²) in [6.45, 7) is 0. The van der Waals surface area contributed by atoms with Crippen LogP contribution in [0.15, 0.2) is 53.1 Å². The molecule has 21 heavy (non-hydrogen) atoms. The van der Waals surface area contributed by atoms with Gasteiger partial charge in [-0.05, 0) is 24.3 Å². The Labute approximate surface area is 120 Å². The van der Waals surface area contributed by atoms with Crippen LogP contribution >= 0.6 is 0 Å².